The van der Waals surface area contributed by atoms with E-state index in [0.717, 1.165) is 28.2 Å². The second-order valence-electron chi connectivity index (χ2n) is 6.48. The molecule has 4 aromatic rings. The Hall–Kier alpha value is -3.52. The summed E-state index contributed by atoms with van der Waals surface area (Å²) in [5.74, 6) is 1.76. The normalized spacial score (nSPS) is 11.0. The van der Waals surface area contributed by atoms with Crippen LogP contribution in [0.15, 0.2) is 47.1 Å². The highest BCUT2D eigenvalue weighted by molar-refractivity contribution is 5.98. The average Bonchev–Trinajstić information content (AvgIpc) is 3.21. The van der Waals surface area contributed by atoms with Crippen LogP contribution in [-0.2, 0) is 11.2 Å². The fourth-order valence-corrected chi connectivity index (χ4v) is 2.95. The number of hydrogen-bond donors (Lipinski definition) is 1. The van der Waals surface area contributed by atoms with Crippen molar-refractivity contribution in [1.82, 2.24) is 20.1 Å². The molecular formula is C21H21N5O3. The molecule has 0 unspecified atom stereocenters. The summed E-state index contributed by atoms with van der Waals surface area (Å²) >= 11 is 0. The summed E-state index contributed by atoms with van der Waals surface area (Å²) < 4.78 is 15.8. The summed E-state index contributed by atoms with van der Waals surface area (Å²) in [6.07, 6.45) is 2.28. The number of aromatic nitrogens is 4. The Kier molecular flexibility index (Phi) is 5.35. The van der Waals surface area contributed by atoms with E-state index in [4.69, 9.17) is 14.0 Å². The van der Waals surface area contributed by atoms with Crippen molar-refractivity contribution in [2.24, 2.45) is 0 Å². The quantitative estimate of drug-likeness (QED) is 0.506. The molecule has 1 aromatic carbocycles. The molecule has 8 nitrogen and oxygen atoms in total. The largest absolute Gasteiger partial charge is 0.497 e. The first-order valence-electron chi connectivity index (χ1n) is 9.17. The molecule has 1 N–H and O–H groups in total. The molecule has 0 spiro atoms. The second-order valence-corrected chi connectivity index (χ2v) is 6.48. The van der Waals surface area contributed by atoms with Crippen molar-refractivity contribution in [1.29, 1.82) is 0 Å². The van der Waals surface area contributed by atoms with Crippen molar-refractivity contribution in [2.45, 2.75) is 13.3 Å². The van der Waals surface area contributed by atoms with E-state index in [9.17, 15) is 0 Å². The van der Waals surface area contributed by atoms with E-state index in [1.165, 1.54) is 0 Å². The van der Waals surface area contributed by atoms with Gasteiger partial charge in [-0.15, -0.1) is 0 Å². The number of rotatable bonds is 7. The van der Waals surface area contributed by atoms with Crippen LogP contribution >= 0.6 is 0 Å². The molecule has 0 bridgehead atoms. The van der Waals surface area contributed by atoms with Crippen molar-refractivity contribution in [3.05, 3.63) is 54.1 Å². The highest BCUT2D eigenvalue weighted by Crippen LogP contribution is 2.35. The van der Waals surface area contributed by atoms with Gasteiger partial charge in [-0.05, 0) is 43.3 Å². The molecule has 0 atom stereocenters. The molecule has 148 valence electrons. The molecule has 0 saturated carbocycles. The van der Waals surface area contributed by atoms with Gasteiger partial charge < -0.3 is 19.3 Å². The number of hydrogen-bond acceptors (Lipinski definition) is 8. The van der Waals surface area contributed by atoms with Crippen LogP contribution < -0.4 is 10.1 Å². The van der Waals surface area contributed by atoms with E-state index in [-0.39, 0.29) is 0 Å². The van der Waals surface area contributed by atoms with Crippen molar-refractivity contribution < 1.29 is 14.0 Å². The summed E-state index contributed by atoms with van der Waals surface area (Å²) in [6, 6.07) is 11.6. The van der Waals surface area contributed by atoms with Crippen LogP contribution in [0.2, 0.25) is 0 Å². The number of benzene rings is 1. The van der Waals surface area contributed by atoms with Gasteiger partial charge in [0.15, 0.2) is 11.5 Å². The molecular weight excluding hydrogens is 370 g/mol. The molecule has 0 aliphatic rings. The minimum Gasteiger partial charge on any atom is -0.497 e. The zero-order chi connectivity index (χ0) is 20.2. The van der Waals surface area contributed by atoms with Crippen LogP contribution in [0.4, 0.5) is 11.4 Å². The Labute approximate surface area is 167 Å². The molecule has 4 rings (SSSR count). The molecule has 0 radical (unpaired) electrons. The molecule has 8 heteroatoms. The number of methoxy groups -OCH3 is 2. The van der Waals surface area contributed by atoms with Crippen LogP contribution in [0.25, 0.3) is 22.5 Å². The summed E-state index contributed by atoms with van der Waals surface area (Å²) in [4.78, 5) is 13.5. The molecule has 0 aliphatic heterocycles. The zero-order valence-electron chi connectivity index (χ0n) is 16.5. The van der Waals surface area contributed by atoms with Crippen LogP contribution in [0.3, 0.4) is 0 Å². The van der Waals surface area contributed by atoms with Gasteiger partial charge >= 0.3 is 0 Å². The lowest BCUT2D eigenvalue weighted by Gasteiger charge is -2.13. The summed E-state index contributed by atoms with van der Waals surface area (Å²) in [7, 11) is 3.28. The molecule has 0 fully saturated rings. The van der Waals surface area contributed by atoms with Crippen molar-refractivity contribution in [3.8, 4) is 17.2 Å². The maximum atomic E-state index is 5.50. The second kappa shape index (κ2) is 8.24. The summed E-state index contributed by atoms with van der Waals surface area (Å²) in [6.45, 7) is 2.46. The minimum atomic E-state index is 0.391. The maximum Gasteiger partial charge on any atom is 0.261 e. The number of ether oxygens (including phenoxy) is 2. The predicted molar refractivity (Wildman–Crippen MR) is 109 cm³/mol. The number of aryl methyl sites for hydroxylation is 1. The summed E-state index contributed by atoms with van der Waals surface area (Å²) in [5.41, 5.74) is 3.93. The highest BCUT2D eigenvalue weighted by atomic mass is 16.5. The van der Waals surface area contributed by atoms with Crippen molar-refractivity contribution in [2.75, 3.05) is 26.1 Å². The first-order chi connectivity index (χ1) is 14.2. The first kappa shape index (κ1) is 18.8. The molecule has 0 saturated heterocycles. The number of nitrogens with one attached hydrogen (secondary N) is 1. The van der Waals surface area contributed by atoms with Gasteiger partial charge in [-0.1, -0.05) is 5.16 Å². The van der Waals surface area contributed by atoms with Crippen LogP contribution in [0.1, 0.15) is 11.5 Å². The number of nitrogens with zero attached hydrogens (tertiary/aromatic N) is 4. The Morgan fingerprint density at radius 3 is 2.62 bits per heavy atom. The monoisotopic (exact) mass is 391 g/mol. The van der Waals surface area contributed by atoms with E-state index in [0.29, 0.717) is 36.0 Å². The van der Waals surface area contributed by atoms with Gasteiger partial charge in [0.1, 0.15) is 5.75 Å². The Bertz CT molecular complexity index is 1130. The molecule has 3 heterocycles. The third-order valence-electron chi connectivity index (χ3n) is 4.46. The topological polar surface area (TPSA) is 95.2 Å². The minimum absolute atomic E-state index is 0.391. The highest BCUT2D eigenvalue weighted by Gasteiger charge is 2.18. The van der Waals surface area contributed by atoms with Gasteiger partial charge in [0.25, 0.3) is 5.89 Å². The van der Waals surface area contributed by atoms with Gasteiger partial charge in [0.2, 0.25) is 0 Å². The number of fused-ring (bicyclic) bond motifs is 1. The lowest BCUT2D eigenvalue weighted by atomic mass is 10.1. The molecule has 0 amide bonds. The van der Waals surface area contributed by atoms with Crippen molar-refractivity contribution >= 4 is 22.4 Å². The number of pyridine rings is 2. The molecule has 29 heavy (non-hydrogen) atoms. The van der Waals surface area contributed by atoms with E-state index < -0.39 is 0 Å². The van der Waals surface area contributed by atoms with E-state index in [2.05, 4.69) is 25.4 Å². The molecule has 3 aromatic heterocycles. The van der Waals surface area contributed by atoms with Gasteiger partial charge in [0.05, 0.1) is 25.0 Å². The van der Waals surface area contributed by atoms with Crippen LogP contribution in [-0.4, -0.2) is 40.9 Å². The van der Waals surface area contributed by atoms with E-state index in [1.54, 1.807) is 20.4 Å². The lowest BCUT2D eigenvalue weighted by molar-refractivity contribution is 0.199. The average molecular weight is 391 g/mol. The Morgan fingerprint density at radius 1 is 1.03 bits per heavy atom. The standard InChI is InChI=1S/C21H21N5O3/c1-13-4-9-16-19(24-14-5-7-15(28-3)8-6-14)17(12-22-20(16)23-13)21-25-18(26-29-21)10-11-27-2/h4-9,12H,10-11H2,1-3H3,(H,22,23,24). The number of anilines is 2. The lowest BCUT2D eigenvalue weighted by Crippen LogP contribution is -1.99. The third kappa shape index (κ3) is 4.02. The van der Waals surface area contributed by atoms with Gasteiger partial charge in [0, 0.05) is 36.5 Å². The summed E-state index contributed by atoms with van der Waals surface area (Å²) in [5, 5.41) is 8.35. The van der Waals surface area contributed by atoms with Gasteiger partial charge in [-0.3, -0.25) is 0 Å². The van der Waals surface area contributed by atoms with Gasteiger partial charge in [-0.2, -0.15) is 4.98 Å². The fraction of sp³-hybridized carbons (Fsp3) is 0.238. The van der Waals surface area contributed by atoms with Crippen molar-refractivity contribution in [3.63, 3.8) is 0 Å². The Balaban J connectivity index is 1.79. The maximum absolute atomic E-state index is 5.50. The smallest absolute Gasteiger partial charge is 0.261 e. The molecule has 0 aliphatic carbocycles. The SMILES string of the molecule is COCCc1noc(-c2cnc3nc(C)ccc3c2Nc2ccc(OC)cc2)n1. The van der Waals surface area contributed by atoms with E-state index in [1.807, 2.05) is 43.3 Å². The van der Waals surface area contributed by atoms with Crippen LogP contribution in [0.5, 0.6) is 5.75 Å². The zero-order valence-corrected chi connectivity index (χ0v) is 16.5. The van der Waals surface area contributed by atoms with Crippen LogP contribution in [0, 0.1) is 6.92 Å². The third-order valence-corrected chi connectivity index (χ3v) is 4.46. The van der Waals surface area contributed by atoms with E-state index >= 15 is 0 Å². The fourth-order valence-electron chi connectivity index (χ4n) is 2.95. The van der Waals surface area contributed by atoms with Gasteiger partial charge in [-0.25, -0.2) is 9.97 Å². The Morgan fingerprint density at radius 2 is 1.86 bits per heavy atom. The first-order valence-corrected chi connectivity index (χ1v) is 9.17. The predicted octanol–water partition coefficient (Wildman–Crippen LogP) is 3.93.